The zero-order valence-electron chi connectivity index (χ0n) is 11.8. The molecule has 2 rings (SSSR count). The number of hydrogen-bond donors (Lipinski definition) is 2. The van der Waals surface area contributed by atoms with Crippen LogP contribution in [0.5, 0.6) is 0 Å². The van der Waals surface area contributed by atoms with E-state index in [2.05, 4.69) is 10.6 Å². The van der Waals surface area contributed by atoms with Crippen molar-refractivity contribution in [2.24, 2.45) is 0 Å². The van der Waals surface area contributed by atoms with Gasteiger partial charge in [-0.25, -0.2) is 0 Å². The summed E-state index contributed by atoms with van der Waals surface area (Å²) in [5.41, 5.74) is 2.01. The second-order valence-electron chi connectivity index (χ2n) is 4.67. The standard InChI is InChI=1S/C15H14ClN3O3/c1-10-5-6-11(16)7-14(10)18-15(20)9-17-12-3-2-4-13(8-12)19(21)22/h2-8,17H,9H2,1H3,(H,18,20). The average molecular weight is 320 g/mol. The zero-order chi connectivity index (χ0) is 16.1. The van der Waals surface area contributed by atoms with Crippen LogP contribution in [0.15, 0.2) is 42.5 Å². The van der Waals surface area contributed by atoms with Crippen LogP contribution >= 0.6 is 11.6 Å². The highest BCUT2D eigenvalue weighted by Gasteiger charge is 2.08. The number of hydrogen-bond acceptors (Lipinski definition) is 4. The topological polar surface area (TPSA) is 84.3 Å². The van der Waals surface area contributed by atoms with Gasteiger partial charge in [-0.2, -0.15) is 0 Å². The maximum atomic E-state index is 11.9. The summed E-state index contributed by atoms with van der Waals surface area (Å²) in [6, 6.07) is 11.2. The number of aryl methyl sites for hydroxylation is 1. The molecule has 6 nitrogen and oxygen atoms in total. The van der Waals surface area contributed by atoms with Crippen LogP contribution in [0.3, 0.4) is 0 Å². The lowest BCUT2D eigenvalue weighted by Gasteiger charge is -2.10. The third-order valence-corrected chi connectivity index (χ3v) is 3.22. The Labute approximate surface area is 132 Å². The van der Waals surface area contributed by atoms with Gasteiger partial charge in [0, 0.05) is 28.5 Å². The van der Waals surface area contributed by atoms with Crippen LogP contribution in [0.1, 0.15) is 5.56 Å². The first-order valence-electron chi connectivity index (χ1n) is 6.50. The molecule has 0 radical (unpaired) electrons. The minimum absolute atomic E-state index is 0.00682. The molecule has 0 atom stereocenters. The van der Waals surface area contributed by atoms with E-state index in [1.807, 2.05) is 13.0 Å². The summed E-state index contributed by atoms with van der Waals surface area (Å²) in [6.07, 6.45) is 0. The molecule has 2 aromatic carbocycles. The van der Waals surface area contributed by atoms with E-state index < -0.39 is 4.92 Å². The van der Waals surface area contributed by atoms with Crippen LogP contribution in [0.25, 0.3) is 0 Å². The van der Waals surface area contributed by atoms with E-state index in [1.165, 1.54) is 12.1 Å². The van der Waals surface area contributed by atoms with Gasteiger partial charge < -0.3 is 10.6 Å². The molecule has 0 saturated heterocycles. The van der Waals surface area contributed by atoms with Crippen LogP contribution in [0, 0.1) is 17.0 Å². The fraction of sp³-hybridized carbons (Fsp3) is 0.133. The Hall–Kier alpha value is -2.60. The number of amides is 1. The molecule has 1 amide bonds. The van der Waals surface area contributed by atoms with Gasteiger partial charge in [-0.05, 0) is 30.7 Å². The van der Waals surface area contributed by atoms with Gasteiger partial charge >= 0.3 is 0 Å². The second-order valence-corrected chi connectivity index (χ2v) is 5.10. The number of carbonyl (C=O) groups is 1. The van der Waals surface area contributed by atoms with Crippen molar-refractivity contribution in [2.75, 3.05) is 17.2 Å². The highest BCUT2D eigenvalue weighted by Crippen LogP contribution is 2.20. The van der Waals surface area contributed by atoms with Crippen molar-refractivity contribution in [2.45, 2.75) is 6.92 Å². The maximum absolute atomic E-state index is 11.9. The Morgan fingerprint density at radius 2 is 2.05 bits per heavy atom. The molecule has 0 bridgehead atoms. The minimum atomic E-state index is -0.486. The highest BCUT2D eigenvalue weighted by atomic mass is 35.5. The van der Waals surface area contributed by atoms with E-state index in [4.69, 9.17) is 11.6 Å². The van der Waals surface area contributed by atoms with Gasteiger partial charge in [0.2, 0.25) is 5.91 Å². The number of nitrogens with one attached hydrogen (secondary N) is 2. The van der Waals surface area contributed by atoms with Crippen molar-refractivity contribution in [3.05, 3.63) is 63.2 Å². The normalized spacial score (nSPS) is 10.1. The van der Waals surface area contributed by atoms with Gasteiger partial charge in [-0.1, -0.05) is 23.7 Å². The minimum Gasteiger partial charge on any atom is -0.376 e. The smallest absolute Gasteiger partial charge is 0.271 e. The van der Waals surface area contributed by atoms with E-state index in [1.54, 1.807) is 24.3 Å². The van der Waals surface area contributed by atoms with E-state index >= 15 is 0 Å². The van der Waals surface area contributed by atoms with Crippen LogP contribution in [-0.4, -0.2) is 17.4 Å². The third kappa shape index (κ3) is 4.20. The van der Waals surface area contributed by atoms with Crippen molar-refractivity contribution in [3.8, 4) is 0 Å². The van der Waals surface area contributed by atoms with Crippen LogP contribution in [-0.2, 0) is 4.79 Å². The van der Waals surface area contributed by atoms with E-state index in [0.29, 0.717) is 16.4 Å². The Kier molecular flexibility index (Phi) is 4.95. The van der Waals surface area contributed by atoms with Gasteiger partial charge in [-0.3, -0.25) is 14.9 Å². The van der Waals surface area contributed by atoms with E-state index in [0.717, 1.165) is 5.56 Å². The maximum Gasteiger partial charge on any atom is 0.271 e. The first kappa shape index (κ1) is 15.8. The third-order valence-electron chi connectivity index (χ3n) is 2.98. The molecule has 0 heterocycles. The highest BCUT2D eigenvalue weighted by molar-refractivity contribution is 6.31. The summed E-state index contributed by atoms with van der Waals surface area (Å²) in [5, 5.41) is 16.8. The summed E-state index contributed by atoms with van der Waals surface area (Å²) in [6.45, 7) is 1.85. The summed E-state index contributed by atoms with van der Waals surface area (Å²) < 4.78 is 0. The molecule has 7 heteroatoms. The fourth-order valence-electron chi connectivity index (χ4n) is 1.84. The molecule has 0 aliphatic rings. The largest absolute Gasteiger partial charge is 0.376 e. The number of anilines is 2. The monoisotopic (exact) mass is 319 g/mol. The van der Waals surface area contributed by atoms with Crippen LogP contribution < -0.4 is 10.6 Å². The number of carbonyl (C=O) groups excluding carboxylic acids is 1. The Morgan fingerprint density at radius 1 is 1.27 bits per heavy atom. The lowest BCUT2D eigenvalue weighted by atomic mass is 10.2. The fourth-order valence-corrected chi connectivity index (χ4v) is 2.01. The molecule has 0 saturated carbocycles. The van der Waals surface area contributed by atoms with E-state index in [-0.39, 0.29) is 18.1 Å². The van der Waals surface area contributed by atoms with Gasteiger partial charge in [0.25, 0.3) is 5.69 Å². The van der Waals surface area contributed by atoms with Crippen molar-refractivity contribution >= 4 is 34.6 Å². The average Bonchev–Trinajstić information content (AvgIpc) is 2.49. The zero-order valence-corrected chi connectivity index (χ0v) is 12.6. The molecule has 0 aromatic heterocycles. The first-order valence-corrected chi connectivity index (χ1v) is 6.88. The summed E-state index contributed by atoms with van der Waals surface area (Å²) >= 11 is 5.89. The number of halogens is 1. The molecule has 0 aliphatic heterocycles. The van der Waals surface area contributed by atoms with Crippen molar-refractivity contribution in [1.29, 1.82) is 0 Å². The van der Waals surface area contributed by atoms with Gasteiger partial charge in [0.15, 0.2) is 0 Å². The molecular formula is C15H14ClN3O3. The second kappa shape index (κ2) is 6.91. The Morgan fingerprint density at radius 3 is 2.77 bits per heavy atom. The number of non-ortho nitro benzene ring substituents is 1. The predicted molar refractivity (Wildman–Crippen MR) is 86.4 cm³/mol. The summed E-state index contributed by atoms with van der Waals surface area (Å²) in [5.74, 6) is -0.267. The molecule has 114 valence electrons. The molecular weight excluding hydrogens is 306 g/mol. The quantitative estimate of drug-likeness (QED) is 0.651. The molecule has 0 unspecified atom stereocenters. The van der Waals surface area contributed by atoms with Crippen molar-refractivity contribution in [3.63, 3.8) is 0 Å². The molecule has 2 aromatic rings. The Balaban J connectivity index is 1.97. The lowest BCUT2D eigenvalue weighted by molar-refractivity contribution is -0.384. The van der Waals surface area contributed by atoms with Gasteiger partial charge in [0.1, 0.15) is 0 Å². The lowest BCUT2D eigenvalue weighted by Crippen LogP contribution is -2.22. The first-order chi connectivity index (χ1) is 10.5. The van der Waals surface area contributed by atoms with Crippen LogP contribution in [0.2, 0.25) is 5.02 Å². The number of rotatable bonds is 5. The number of nitrogens with zero attached hydrogens (tertiary/aromatic N) is 1. The number of benzene rings is 2. The summed E-state index contributed by atoms with van der Waals surface area (Å²) in [7, 11) is 0. The predicted octanol–water partition coefficient (Wildman–Crippen LogP) is 3.61. The number of nitro benzene ring substituents is 1. The van der Waals surface area contributed by atoms with Crippen molar-refractivity contribution in [1.82, 2.24) is 0 Å². The SMILES string of the molecule is Cc1ccc(Cl)cc1NC(=O)CNc1cccc([N+](=O)[O-])c1. The molecule has 0 aliphatic carbocycles. The molecule has 0 fully saturated rings. The van der Waals surface area contributed by atoms with Crippen LogP contribution in [0.4, 0.5) is 17.1 Å². The van der Waals surface area contributed by atoms with Gasteiger partial charge in [-0.15, -0.1) is 0 Å². The van der Waals surface area contributed by atoms with Crippen molar-refractivity contribution < 1.29 is 9.72 Å². The Bertz CT molecular complexity index is 719. The number of nitro groups is 1. The summed E-state index contributed by atoms with van der Waals surface area (Å²) in [4.78, 5) is 22.1. The molecule has 2 N–H and O–H groups in total. The van der Waals surface area contributed by atoms with E-state index in [9.17, 15) is 14.9 Å². The molecule has 0 spiro atoms. The van der Waals surface area contributed by atoms with Gasteiger partial charge in [0.05, 0.1) is 11.5 Å². The molecule has 22 heavy (non-hydrogen) atoms.